The van der Waals surface area contributed by atoms with Crippen LogP contribution >= 0.6 is 0 Å². The molecule has 148 valence electrons. The van der Waals surface area contributed by atoms with Crippen molar-refractivity contribution in [2.45, 2.75) is 6.92 Å². The highest BCUT2D eigenvalue weighted by Crippen LogP contribution is 2.30. The predicted molar refractivity (Wildman–Crippen MR) is 106 cm³/mol. The lowest BCUT2D eigenvalue weighted by Crippen LogP contribution is -2.10. The van der Waals surface area contributed by atoms with Crippen molar-refractivity contribution in [3.8, 4) is 34.4 Å². The van der Waals surface area contributed by atoms with Gasteiger partial charge < -0.3 is 23.9 Å². The van der Waals surface area contributed by atoms with Gasteiger partial charge in [0.25, 0.3) is 0 Å². The molecule has 0 amide bonds. The third-order valence-electron chi connectivity index (χ3n) is 4.22. The molecule has 1 aromatic heterocycles. The van der Waals surface area contributed by atoms with Crippen LogP contribution < -0.4 is 4.74 Å². The van der Waals surface area contributed by atoms with Gasteiger partial charge in [0.1, 0.15) is 23.1 Å². The van der Waals surface area contributed by atoms with Gasteiger partial charge in [0.05, 0.1) is 12.2 Å². The van der Waals surface area contributed by atoms with Gasteiger partial charge in [-0.1, -0.05) is 12.1 Å². The maximum atomic E-state index is 12.2. The fourth-order valence-corrected chi connectivity index (χ4v) is 2.85. The van der Waals surface area contributed by atoms with Crippen molar-refractivity contribution in [3.63, 3.8) is 0 Å². The summed E-state index contributed by atoms with van der Waals surface area (Å²) in [5.41, 5.74) is 2.99. The first-order valence-electron chi connectivity index (χ1n) is 8.92. The summed E-state index contributed by atoms with van der Waals surface area (Å²) in [6.07, 6.45) is 3.51. The van der Waals surface area contributed by atoms with Gasteiger partial charge in [-0.2, -0.15) is 5.26 Å². The molecule has 0 fully saturated rings. The molecule has 7 heteroatoms. The van der Waals surface area contributed by atoms with Crippen molar-refractivity contribution in [2.24, 2.45) is 0 Å². The van der Waals surface area contributed by atoms with E-state index in [1.54, 1.807) is 60.2 Å². The number of carbonyl (C=O) groups excluding carboxylic acids is 1. The van der Waals surface area contributed by atoms with Crippen LogP contribution in [0.25, 0.3) is 16.8 Å². The lowest BCUT2D eigenvalue weighted by Gasteiger charge is -2.12. The second-order valence-electron chi connectivity index (χ2n) is 6.10. The summed E-state index contributed by atoms with van der Waals surface area (Å²) < 4.78 is 17.3. The summed E-state index contributed by atoms with van der Waals surface area (Å²) in [5.74, 6) is -0.0116. The zero-order chi connectivity index (χ0) is 20.8. The first kappa shape index (κ1) is 20.0. The minimum Gasteiger partial charge on any atom is -0.508 e. The monoisotopic (exact) mass is 392 g/mol. The Balaban J connectivity index is 2.03. The van der Waals surface area contributed by atoms with E-state index < -0.39 is 5.97 Å². The predicted octanol–water partition coefficient (Wildman–Crippen LogP) is 3.88. The third kappa shape index (κ3) is 4.39. The van der Waals surface area contributed by atoms with E-state index >= 15 is 0 Å². The van der Waals surface area contributed by atoms with E-state index in [0.717, 1.165) is 11.1 Å². The number of carbonyl (C=O) groups is 1. The molecule has 0 aliphatic carbocycles. The largest absolute Gasteiger partial charge is 0.508 e. The van der Waals surface area contributed by atoms with Gasteiger partial charge in [0.2, 0.25) is 0 Å². The number of ether oxygens (including phenoxy) is 3. The van der Waals surface area contributed by atoms with Crippen molar-refractivity contribution >= 4 is 5.97 Å². The Morgan fingerprint density at radius 2 is 1.93 bits per heavy atom. The van der Waals surface area contributed by atoms with E-state index in [2.05, 4.69) is 6.07 Å². The summed E-state index contributed by atoms with van der Waals surface area (Å²) in [4.78, 5) is 12.2. The molecule has 3 aromatic rings. The van der Waals surface area contributed by atoms with Crippen LogP contribution in [0.15, 0.2) is 54.9 Å². The highest BCUT2D eigenvalue weighted by atomic mass is 16.7. The highest BCUT2D eigenvalue weighted by Gasteiger charge is 2.16. The number of nitrogens with zero attached hydrogens (tertiary/aromatic N) is 2. The fraction of sp³-hybridized carbons (Fsp3) is 0.182. The highest BCUT2D eigenvalue weighted by molar-refractivity contribution is 5.93. The number of methoxy groups -OCH3 is 1. The fourth-order valence-electron chi connectivity index (χ4n) is 2.85. The van der Waals surface area contributed by atoms with Crippen LogP contribution in [0.3, 0.4) is 0 Å². The van der Waals surface area contributed by atoms with Gasteiger partial charge in [0.15, 0.2) is 6.79 Å². The number of hydrogen-bond donors (Lipinski definition) is 1. The number of phenols is 1. The molecule has 2 aromatic carbocycles. The summed E-state index contributed by atoms with van der Waals surface area (Å²) in [7, 11) is 1.49. The molecule has 3 rings (SSSR count). The van der Waals surface area contributed by atoms with Gasteiger partial charge >= 0.3 is 5.97 Å². The summed E-state index contributed by atoms with van der Waals surface area (Å²) in [6.45, 7) is 1.96. The Morgan fingerprint density at radius 3 is 2.59 bits per heavy atom. The van der Waals surface area contributed by atoms with E-state index in [4.69, 9.17) is 14.2 Å². The Kier molecular flexibility index (Phi) is 6.17. The molecule has 0 bridgehead atoms. The van der Waals surface area contributed by atoms with E-state index in [-0.39, 0.29) is 19.1 Å². The standard InChI is InChI=1S/C22H20N2O5/c1-3-28-22(26)19-9-6-17(10-21(19)29-14-27-2)24-12-16(11-23)20(13-24)15-4-7-18(25)8-5-15/h4-10,12-13,25H,3,14H2,1-2H3. The average molecular weight is 392 g/mol. The first-order valence-corrected chi connectivity index (χ1v) is 8.92. The SMILES string of the molecule is CCOC(=O)c1ccc(-n2cc(C#N)c(-c3ccc(O)cc3)c2)cc1OCOC. The van der Waals surface area contributed by atoms with Crippen molar-refractivity contribution in [2.75, 3.05) is 20.5 Å². The number of aromatic hydroxyl groups is 1. The van der Waals surface area contributed by atoms with Crippen LogP contribution in [0.2, 0.25) is 0 Å². The van der Waals surface area contributed by atoms with E-state index in [9.17, 15) is 15.2 Å². The van der Waals surface area contributed by atoms with Crippen molar-refractivity contribution in [1.29, 1.82) is 5.26 Å². The van der Waals surface area contributed by atoms with Crippen LogP contribution in [0.4, 0.5) is 0 Å². The van der Waals surface area contributed by atoms with E-state index in [0.29, 0.717) is 22.6 Å². The molecular weight excluding hydrogens is 372 g/mol. The smallest absolute Gasteiger partial charge is 0.341 e. The van der Waals surface area contributed by atoms with Crippen molar-refractivity contribution in [1.82, 2.24) is 4.57 Å². The molecule has 0 aliphatic heterocycles. The zero-order valence-electron chi connectivity index (χ0n) is 16.1. The Morgan fingerprint density at radius 1 is 1.17 bits per heavy atom. The van der Waals surface area contributed by atoms with Crippen LogP contribution in [-0.2, 0) is 9.47 Å². The quantitative estimate of drug-likeness (QED) is 0.484. The third-order valence-corrected chi connectivity index (χ3v) is 4.22. The molecular formula is C22H20N2O5. The average Bonchev–Trinajstić information content (AvgIpc) is 3.17. The number of phenolic OH excluding ortho intramolecular Hbond substituents is 1. The second kappa shape index (κ2) is 8.95. The first-order chi connectivity index (χ1) is 14.1. The lowest BCUT2D eigenvalue weighted by atomic mass is 10.1. The van der Waals surface area contributed by atoms with Gasteiger partial charge in [-0.25, -0.2) is 4.79 Å². The summed E-state index contributed by atoms with van der Waals surface area (Å²) in [6, 6.07) is 13.9. The molecule has 7 nitrogen and oxygen atoms in total. The Hall–Kier alpha value is -3.76. The maximum absolute atomic E-state index is 12.2. The summed E-state index contributed by atoms with van der Waals surface area (Å²) >= 11 is 0. The molecule has 0 saturated heterocycles. The van der Waals surface area contributed by atoms with Crippen molar-refractivity contribution < 1.29 is 24.1 Å². The zero-order valence-corrected chi connectivity index (χ0v) is 16.1. The minimum atomic E-state index is -0.486. The number of rotatable bonds is 7. The van der Waals surface area contributed by atoms with Crippen LogP contribution in [0.1, 0.15) is 22.8 Å². The van der Waals surface area contributed by atoms with Crippen LogP contribution in [0, 0.1) is 11.3 Å². The maximum Gasteiger partial charge on any atom is 0.341 e. The molecule has 1 N–H and O–H groups in total. The second-order valence-corrected chi connectivity index (χ2v) is 6.10. The molecule has 0 radical (unpaired) electrons. The molecule has 0 unspecified atom stereocenters. The Labute approximate surface area is 168 Å². The summed E-state index contributed by atoms with van der Waals surface area (Å²) in [5, 5.41) is 19.0. The van der Waals surface area contributed by atoms with Gasteiger partial charge in [0, 0.05) is 36.8 Å². The normalized spacial score (nSPS) is 10.4. The number of hydrogen-bond acceptors (Lipinski definition) is 6. The van der Waals surface area contributed by atoms with E-state index in [1.165, 1.54) is 7.11 Å². The number of aromatic nitrogens is 1. The van der Waals surface area contributed by atoms with Gasteiger partial charge in [-0.3, -0.25) is 0 Å². The lowest BCUT2D eigenvalue weighted by molar-refractivity contribution is 0.0438. The molecule has 1 heterocycles. The minimum absolute atomic E-state index is 0.0241. The molecule has 0 spiro atoms. The van der Waals surface area contributed by atoms with E-state index in [1.807, 2.05) is 6.20 Å². The van der Waals surface area contributed by atoms with Crippen LogP contribution in [-0.4, -0.2) is 36.2 Å². The number of nitriles is 1. The van der Waals surface area contributed by atoms with Gasteiger partial charge in [-0.05, 0) is 36.8 Å². The molecule has 0 atom stereocenters. The van der Waals surface area contributed by atoms with Gasteiger partial charge in [-0.15, -0.1) is 0 Å². The van der Waals surface area contributed by atoms with Crippen LogP contribution in [0.5, 0.6) is 11.5 Å². The Bertz CT molecular complexity index is 1050. The number of esters is 1. The topological polar surface area (TPSA) is 93.7 Å². The molecule has 0 saturated carbocycles. The number of benzene rings is 2. The molecule has 29 heavy (non-hydrogen) atoms. The molecule has 0 aliphatic rings. The van der Waals surface area contributed by atoms with Crippen molar-refractivity contribution in [3.05, 3.63) is 66.0 Å².